The maximum atomic E-state index is 11.8. The number of ether oxygens (including phenoxy) is 4. The zero-order valence-corrected chi connectivity index (χ0v) is 19.3. The van der Waals surface area contributed by atoms with Crippen LogP contribution in [-0.4, -0.2) is 49.5 Å². The summed E-state index contributed by atoms with van der Waals surface area (Å²) in [5.41, 5.74) is 1.56. The summed E-state index contributed by atoms with van der Waals surface area (Å²) >= 11 is 2.10. The van der Waals surface area contributed by atoms with Crippen molar-refractivity contribution in [2.75, 3.05) is 19.0 Å². The van der Waals surface area contributed by atoms with Crippen molar-refractivity contribution in [3.8, 4) is 0 Å². The summed E-state index contributed by atoms with van der Waals surface area (Å²) in [5, 5.41) is 15.3. The smallest absolute Gasteiger partial charge is 0.337 e. The van der Waals surface area contributed by atoms with E-state index in [-0.39, 0.29) is 6.61 Å². The van der Waals surface area contributed by atoms with Crippen molar-refractivity contribution in [3.63, 3.8) is 0 Å². The fraction of sp³-hybridized carbons (Fsp3) is 0.348. The average molecular weight is 551 g/mol. The Morgan fingerprint density at radius 2 is 1.94 bits per heavy atom. The normalized spacial score (nSPS) is 30.1. The van der Waals surface area contributed by atoms with Crippen LogP contribution in [0.1, 0.15) is 11.9 Å². The van der Waals surface area contributed by atoms with Crippen molar-refractivity contribution in [2.45, 2.75) is 36.9 Å². The summed E-state index contributed by atoms with van der Waals surface area (Å²) in [6, 6.07) is 15.8. The Morgan fingerprint density at radius 3 is 2.72 bits per heavy atom. The molecule has 168 valence electrons. The van der Waals surface area contributed by atoms with E-state index in [1.807, 2.05) is 42.5 Å². The van der Waals surface area contributed by atoms with Crippen molar-refractivity contribution in [1.82, 2.24) is 0 Å². The molecule has 2 saturated heterocycles. The second-order valence-electron chi connectivity index (χ2n) is 7.74. The molecule has 2 fully saturated rings. The quantitative estimate of drug-likeness (QED) is 0.378. The Bertz CT molecular complexity index is 1150. The first-order valence-corrected chi connectivity index (χ1v) is 11.3. The van der Waals surface area contributed by atoms with Crippen LogP contribution >= 0.6 is 22.6 Å². The number of rotatable bonds is 4. The van der Waals surface area contributed by atoms with Crippen LogP contribution in [0.3, 0.4) is 0 Å². The Labute approximate surface area is 197 Å². The van der Waals surface area contributed by atoms with Crippen molar-refractivity contribution in [3.05, 3.63) is 74.2 Å². The summed E-state index contributed by atoms with van der Waals surface area (Å²) in [5.74, 6) is 0. The molecule has 2 aliphatic rings. The molecule has 0 amide bonds. The van der Waals surface area contributed by atoms with Gasteiger partial charge in [0, 0.05) is 39.4 Å². The van der Waals surface area contributed by atoms with Crippen molar-refractivity contribution < 1.29 is 28.5 Å². The highest BCUT2D eigenvalue weighted by atomic mass is 127. The van der Waals surface area contributed by atoms with Gasteiger partial charge >= 0.3 is 5.63 Å². The predicted octanol–water partition coefficient (Wildman–Crippen LogP) is 3.02. The summed E-state index contributed by atoms with van der Waals surface area (Å²) in [4.78, 5) is 11.8. The molecule has 3 unspecified atom stereocenters. The number of aliphatic hydroxyl groups is 1. The van der Waals surface area contributed by atoms with E-state index in [4.69, 9.17) is 23.4 Å². The second-order valence-corrected chi connectivity index (χ2v) is 8.90. The van der Waals surface area contributed by atoms with Gasteiger partial charge in [0.25, 0.3) is 0 Å². The van der Waals surface area contributed by atoms with Gasteiger partial charge in [0.2, 0.25) is 0 Å². The van der Waals surface area contributed by atoms with Crippen LogP contribution < -0.4 is 10.9 Å². The molecule has 6 atom stereocenters. The summed E-state index contributed by atoms with van der Waals surface area (Å²) in [7, 11) is 1.52. The van der Waals surface area contributed by atoms with Crippen LogP contribution in [-0.2, 0) is 18.9 Å². The molecule has 0 saturated carbocycles. The average Bonchev–Trinajstić information content (AvgIpc) is 2.80. The molecule has 32 heavy (non-hydrogen) atoms. The first kappa shape index (κ1) is 21.8. The third-order valence-corrected chi connectivity index (χ3v) is 6.59. The van der Waals surface area contributed by atoms with E-state index < -0.39 is 42.6 Å². The van der Waals surface area contributed by atoms with Gasteiger partial charge in [0.15, 0.2) is 12.6 Å². The Kier molecular flexibility index (Phi) is 6.19. The van der Waals surface area contributed by atoms with Gasteiger partial charge in [0.05, 0.1) is 6.61 Å². The minimum Gasteiger partial charge on any atom is -0.423 e. The molecule has 2 N–H and O–H groups in total. The molecule has 2 aliphatic heterocycles. The lowest BCUT2D eigenvalue weighted by molar-refractivity contribution is -0.337. The van der Waals surface area contributed by atoms with E-state index in [0.29, 0.717) is 11.3 Å². The SMILES string of the molecule is CO[C@H]1OC2COC(c3ccccc3)O[C@H]2C(O)[C@@H]1Nc1ccc2c(I)cc(=O)oc2c1. The van der Waals surface area contributed by atoms with E-state index in [2.05, 4.69) is 27.9 Å². The monoisotopic (exact) mass is 551 g/mol. The van der Waals surface area contributed by atoms with Gasteiger partial charge in [-0.05, 0) is 34.7 Å². The van der Waals surface area contributed by atoms with E-state index in [1.54, 1.807) is 6.07 Å². The Hall–Kier alpha value is -2.02. The van der Waals surface area contributed by atoms with E-state index >= 15 is 0 Å². The zero-order valence-electron chi connectivity index (χ0n) is 17.1. The molecule has 0 spiro atoms. The number of hydrogen-bond acceptors (Lipinski definition) is 8. The van der Waals surface area contributed by atoms with E-state index in [9.17, 15) is 9.90 Å². The number of methoxy groups -OCH3 is 1. The molecule has 0 bridgehead atoms. The molecule has 3 aromatic rings. The van der Waals surface area contributed by atoms with Gasteiger partial charge < -0.3 is 33.8 Å². The molecule has 0 aliphatic carbocycles. The molecule has 3 heterocycles. The number of aliphatic hydroxyl groups excluding tert-OH is 1. The Morgan fingerprint density at radius 1 is 1.12 bits per heavy atom. The maximum absolute atomic E-state index is 11.8. The molecule has 9 heteroatoms. The fourth-order valence-electron chi connectivity index (χ4n) is 4.13. The minimum atomic E-state index is -0.938. The third-order valence-electron chi connectivity index (χ3n) is 5.70. The van der Waals surface area contributed by atoms with Crippen LogP contribution in [0.15, 0.2) is 63.8 Å². The highest BCUT2D eigenvalue weighted by Crippen LogP contribution is 2.35. The van der Waals surface area contributed by atoms with Gasteiger partial charge in [0.1, 0.15) is 29.9 Å². The van der Waals surface area contributed by atoms with Crippen LogP contribution in [0.2, 0.25) is 0 Å². The molecule has 2 aromatic carbocycles. The molecule has 8 nitrogen and oxygen atoms in total. The van der Waals surface area contributed by atoms with Gasteiger partial charge in [-0.3, -0.25) is 0 Å². The first-order chi connectivity index (χ1) is 15.5. The number of anilines is 1. The second kappa shape index (κ2) is 9.08. The van der Waals surface area contributed by atoms with Gasteiger partial charge in [-0.1, -0.05) is 30.3 Å². The van der Waals surface area contributed by atoms with Crippen LogP contribution in [0.25, 0.3) is 11.0 Å². The van der Waals surface area contributed by atoms with Gasteiger partial charge in [-0.2, -0.15) is 0 Å². The van der Waals surface area contributed by atoms with Crippen LogP contribution in [0.4, 0.5) is 5.69 Å². The highest BCUT2D eigenvalue weighted by Gasteiger charge is 2.49. The number of nitrogens with one attached hydrogen (secondary N) is 1. The number of halogens is 1. The number of benzene rings is 2. The highest BCUT2D eigenvalue weighted by molar-refractivity contribution is 14.1. The minimum absolute atomic E-state index is 0.271. The molecule has 1 aromatic heterocycles. The zero-order chi connectivity index (χ0) is 22.2. The van der Waals surface area contributed by atoms with Crippen molar-refractivity contribution in [1.29, 1.82) is 0 Å². The van der Waals surface area contributed by atoms with Crippen LogP contribution in [0.5, 0.6) is 0 Å². The predicted molar refractivity (Wildman–Crippen MR) is 124 cm³/mol. The molecular weight excluding hydrogens is 529 g/mol. The standard InChI is InChI=1S/C23H22INO7/c1-28-23-19(25-13-7-8-14-15(24)10-18(26)30-16(14)9-13)20(27)21-17(31-23)11-29-22(32-21)12-5-3-2-4-6-12/h2-10,17,19-23,25,27H,11H2,1H3/t17?,19-,20?,21+,22?,23-/m0/s1. The van der Waals surface area contributed by atoms with Crippen molar-refractivity contribution in [2.24, 2.45) is 0 Å². The number of hydrogen-bond donors (Lipinski definition) is 2. The lowest BCUT2D eigenvalue weighted by atomic mass is 9.95. The lowest BCUT2D eigenvalue weighted by Gasteiger charge is -2.47. The summed E-state index contributed by atoms with van der Waals surface area (Å²) < 4.78 is 29.6. The van der Waals surface area contributed by atoms with Gasteiger partial charge in [-0.25, -0.2) is 4.79 Å². The first-order valence-electron chi connectivity index (χ1n) is 10.2. The largest absolute Gasteiger partial charge is 0.423 e. The fourth-order valence-corrected chi connectivity index (χ4v) is 4.83. The summed E-state index contributed by atoms with van der Waals surface area (Å²) in [6.07, 6.45) is -3.34. The molecule has 5 rings (SSSR count). The third kappa shape index (κ3) is 4.16. The van der Waals surface area contributed by atoms with E-state index in [1.165, 1.54) is 13.2 Å². The van der Waals surface area contributed by atoms with Gasteiger partial charge in [-0.15, -0.1) is 0 Å². The maximum Gasteiger partial charge on any atom is 0.337 e. The molecule has 0 radical (unpaired) electrons. The number of fused-ring (bicyclic) bond motifs is 2. The van der Waals surface area contributed by atoms with Crippen molar-refractivity contribution >= 4 is 39.2 Å². The molecular formula is C23H22INO7. The van der Waals surface area contributed by atoms with E-state index in [0.717, 1.165) is 14.5 Å². The lowest BCUT2D eigenvalue weighted by Crippen LogP contribution is -2.64. The summed E-state index contributed by atoms with van der Waals surface area (Å²) in [6.45, 7) is 0.271. The van der Waals surface area contributed by atoms with Crippen LogP contribution in [0, 0.1) is 3.57 Å². The Balaban J connectivity index is 1.39. The topological polar surface area (TPSA) is 99.4 Å².